The third-order valence-corrected chi connectivity index (χ3v) is 1.51. The molecule has 0 saturated carbocycles. The van der Waals surface area contributed by atoms with Crippen molar-refractivity contribution in [1.29, 1.82) is 0 Å². The molecule has 0 aliphatic heterocycles. The third kappa shape index (κ3) is 2.07. The van der Waals surface area contributed by atoms with Gasteiger partial charge in [-0.2, -0.15) is 0 Å². The van der Waals surface area contributed by atoms with Crippen LogP contribution in [0.2, 0.25) is 0 Å². The molecule has 0 radical (unpaired) electrons. The van der Waals surface area contributed by atoms with Crippen LogP contribution in [0.25, 0.3) is 0 Å². The van der Waals surface area contributed by atoms with Crippen molar-refractivity contribution in [3.8, 4) is 0 Å². The molecule has 14 heavy (non-hydrogen) atoms. The molecular formula is C9H10N2O3. The Morgan fingerprint density at radius 2 is 2.29 bits per heavy atom. The van der Waals surface area contributed by atoms with Crippen LogP contribution < -0.4 is 5.73 Å². The smallest absolute Gasteiger partial charge is 0.381 e. The van der Waals surface area contributed by atoms with Crippen LogP contribution >= 0.6 is 0 Å². The Labute approximate surface area is 80.9 Å². The van der Waals surface area contributed by atoms with Crippen molar-refractivity contribution in [2.75, 3.05) is 12.3 Å². The zero-order valence-corrected chi connectivity index (χ0v) is 7.69. The molecule has 0 aliphatic rings. The van der Waals surface area contributed by atoms with Gasteiger partial charge >= 0.3 is 5.97 Å². The molecule has 0 amide bonds. The summed E-state index contributed by atoms with van der Waals surface area (Å²) in [5, 5.41) is 0. The highest BCUT2D eigenvalue weighted by molar-refractivity contribution is 6.41. The number of rotatable bonds is 3. The zero-order chi connectivity index (χ0) is 10.6. The van der Waals surface area contributed by atoms with Crippen LogP contribution in [0.1, 0.15) is 17.4 Å². The molecule has 74 valence electrons. The van der Waals surface area contributed by atoms with Gasteiger partial charge in [0.05, 0.1) is 12.3 Å². The number of ether oxygens (including phenoxy) is 1. The summed E-state index contributed by atoms with van der Waals surface area (Å²) in [6.45, 7) is 1.77. The number of nitrogens with zero attached hydrogens (tertiary/aromatic N) is 1. The first-order valence-electron chi connectivity index (χ1n) is 4.08. The second kappa shape index (κ2) is 4.36. The fraction of sp³-hybridized carbons (Fsp3) is 0.222. The molecule has 0 atom stereocenters. The number of hydrogen-bond donors (Lipinski definition) is 1. The van der Waals surface area contributed by atoms with Crippen molar-refractivity contribution in [3.63, 3.8) is 0 Å². The van der Waals surface area contributed by atoms with E-state index in [1.807, 2.05) is 0 Å². The summed E-state index contributed by atoms with van der Waals surface area (Å²) in [7, 11) is 0. The van der Waals surface area contributed by atoms with Crippen molar-refractivity contribution in [1.82, 2.24) is 4.98 Å². The fourth-order valence-corrected chi connectivity index (χ4v) is 0.901. The second-order valence-electron chi connectivity index (χ2n) is 2.49. The topological polar surface area (TPSA) is 82.3 Å². The van der Waals surface area contributed by atoms with E-state index in [4.69, 9.17) is 5.73 Å². The molecule has 1 rings (SSSR count). The zero-order valence-electron chi connectivity index (χ0n) is 7.69. The summed E-state index contributed by atoms with van der Waals surface area (Å²) < 4.78 is 4.53. The SMILES string of the molecule is CCOC(=O)C(=O)c1ncccc1N. The summed E-state index contributed by atoms with van der Waals surface area (Å²) in [5.41, 5.74) is 5.57. The first kappa shape index (κ1) is 10.2. The van der Waals surface area contributed by atoms with Gasteiger partial charge in [0.25, 0.3) is 5.78 Å². The molecule has 0 saturated heterocycles. The molecule has 0 spiro atoms. The van der Waals surface area contributed by atoms with Gasteiger partial charge in [-0.15, -0.1) is 0 Å². The molecule has 0 aromatic carbocycles. The lowest BCUT2D eigenvalue weighted by molar-refractivity contribution is -0.137. The molecule has 0 fully saturated rings. The molecule has 2 N–H and O–H groups in total. The highest BCUT2D eigenvalue weighted by Gasteiger charge is 2.20. The number of nitrogen functional groups attached to an aromatic ring is 1. The molecule has 0 unspecified atom stereocenters. The number of anilines is 1. The minimum atomic E-state index is -0.932. The van der Waals surface area contributed by atoms with E-state index in [0.717, 1.165) is 0 Å². The lowest BCUT2D eigenvalue weighted by Crippen LogP contribution is -2.20. The van der Waals surface area contributed by atoms with Crippen LogP contribution in [-0.4, -0.2) is 23.3 Å². The van der Waals surface area contributed by atoms with E-state index in [9.17, 15) is 9.59 Å². The van der Waals surface area contributed by atoms with Crippen LogP contribution in [0.5, 0.6) is 0 Å². The fourth-order valence-electron chi connectivity index (χ4n) is 0.901. The number of nitrogens with two attached hydrogens (primary N) is 1. The van der Waals surface area contributed by atoms with E-state index in [1.54, 1.807) is 13.0 Å². The van der Waals surface area contributed by atoms with Gasteiger partial charge in [0.1, 0.15) is 5.69 Å². The van der Waals surface area contributed by atoms with E-state index in [1.165, 1.54) is 12.3 Å². The Morgan fingerprint density at radius 1 is 1.57 bits per heavy atom. The number of esters is 1. The summed E-state index contributed by atoms with van der Waals surface area (Å²) in [4.78, 5) is 26.1. The van der Waals surface area contributed by atoms with Crippen LogP contribution in [0.3, 0.4) is 0 Å². The first-order valence-corrected chi connectivity index (χ1v) is 4.08. The Kier molecular flexibility index (Phi) is 3.17. The number of hydrogen-bond acceptors (Lipinski definition) is 5. The van der Waals surface area contributed by atoms with Gasteiger partial charge in [0.15, 0.2) is 0 Å². The monoisotopic (exact) mass is 194 g/mol. The molecule has 1 heterocycles. The van der Waals surface area contributed by atoms with Gasteiger partial charge in [-0.05, 0) is 19.1 Å². The predicted molar refractivity (Wildman–Crippen MR) is 49.6 cm³/mol. The van der Waals surface area contributed by atoms with E-state index >= 15 is 0 Å². The van der Waals surface area contributed by atoms with Crippen molar-refractivity contribution in [3.05, 3.63) is 24.0 Å². The van der Waals surface area contributed by atoms with Crippen molar-refractivity contribution >= 4 is 17.4 Å². The largest absolute Gasteiger partial charge is 0.460 e. The third-order valence-electron chi connectivity index (χ3n) is 1.51. The lowest BCUT2D eigenvalue weighted by Gasteiger charge is -2.02. The normalized spacial score (nSPS) is 9.50. The predicted octanol–water partition coefficient (Wildman–Crippen LogP) is 0.410. The minimum Gasteiger partial charge on any atom is -0.460 e. The maximum absolute atomic E-state index is 11.3. The Morgan fingerprint density at radius 3 is 2.86 bits per heavy atom. The van der Waals surface area contributed by atoms with E-state index in [-0.39, 0.29) is 18.0 Å². The number of aromatic nitrogens is 1. The quantitative estimate of drug-likeness (QED) is 0.428. The molecule has 1 aromatic rings. The number of ketones is 1. The van der Waals surface area contributed by atoms with Crippen molar-refractivity contribution in [2.24, 2.45) is 0 Å². The van der Waals surface area contributed by atoms with Gasteiger partial charge < -0.3 is 10.5 Å². The van der Waals surface area contributed by atoms with Crippen LogP contribution in [-0.2, 0) is 9.53 Å². The van der Waals surface area contributed by atoms with Gasteiger partial charge in [-0.25, -0.2) is 4.79 Å². The summed E-state index contributed by atoms with van der Waals surface area (Å²) in [6, 6.07) is 3.08. The average Bonchev–Trinajstić information content (AvgIpc) is 2.18. The van der Waals surface area contributed by atoms with E-state index < -0.39 is 11.8 Å². The molecule has 0 bridgehead atoms. The maximum Gasteiger partial charge on any atom is 0.381 e. The highest BCUT2D eigenvalue weighted by atomic mass is 16.5. The number of Topliss-reactive ketones (excluding diaryl/α,β-unsaturated/α-hetero) is 1. The lowest BCUT2D eigenvalue weighted by atomic mass is 10.2. The molecule has 1 aromatic heterocycles. The molecule has 5 heteroatoms. The summed E-state index contributed by atoms with van der Waals surface area (Å²) in [6.07, 6.45) is 1.39. The van der Waals surface area contributed by atoms with Crippen molar-refractivity contribution < 1.29 is 14.3 Å². The van der Waals surface area contributed by atoms with Crippen LogP contribution in [0.15, 0.2) is 18.3 Å². The highest BCUT2D eigenvalue weighted by Crippen LogP contribution is 2.08. The Bertz CT molecular complexity index is 363. The molecular weight excluding hydrogens is 184 g/mol. The van der Waals surface area contributed by atoms with Gasteiger partial charge in [-0.3, -0.25) is 9.78 Å². The van der Waals surface area contributed by atoms with Crippen LogP contribution in [0.4, 0.5) is 5.69 Å². The second-order valence-corrected chi connectivity index (χ2v) is 2.49. The van der Waals surface area contributed by atoms with Crippen LogP contribution in [0, 0.1) is 0 Å². The average molecular weight is 194 g/mol. The summed E-state index contributed by atoms with van der Waals surface area (Å²) in [5.74, 6) is -1.75. The summed E-state index contributed by atoms with van der Waals surface area (Å²) >= 11 is 0. The number of carbonyl (C=O) groups excluding carboxylic acids is 2. The minimum absolute atomic E-state index is 0.0639. The molecule has 5 nitrogen and oxygen atoms in total. The molecule has 0 aliphatic carbocycles. The van der Waals surface area contributed by atoms with Gasteiger partial charge in [-0.1, -0.05) is 0 Å². The van der Waals surface area contributed by atoms with E-state index in [0.29, 0.717) is 0 Å². The van der Waals surface area contributed by atoms with E-state index in [2.05, 4.69) is 9.72 Å². The number of pyridine rings is 1. The standard InChI is InChI=1S/C9H10N2O3/c1-2-14-9(13)8(12)7-6(10)4-3-5-11-7/h3-5H,2,10H2,1H3. The van der Waals surface area contributed by atoms with Gasteiger partial charge in [0.2, 0.25) is 0 Å². The Hall–Kier alpha value is -1.91. The van der Waals surface area contributed by atoms with Crippen molar-refractivity contribution in [2.45, 2.75) is 6.92 Å². The first-order chi connectivity index (χ1) is 6.66. The van der Waals surface area contributed by atoms with Gasteiger partial charge in [0, 0.05) is 6.20 Å². The maximum atomic E-state index is 11.3. The number of carbonyl (C=O) groups is 2. The Balaban J connectivity index is 2.90.